The number of amides is 2. The second-order valence-electron chi connectivity index (χ2n) is 8.36. The van der Waals surface area contributed by atoms with Crippen molar-refractivity contribution in [2.24, 2.45) is 11.1 Å². The predicted molar refractivity (Wildman–Crippen MR) is 128 cm³/mol. The Morgan fingerprint density at radius 2 is 1.75 bits per heavy atom. The number of carbonyl (C=O) groups excluding carboxylic acids is 2. The summed E-state index contributed by atoms with van der Waals surface area (Å²) in [5, 5.41) is 2.06. The molecular weight excluding hydrogens is 420 g/mol. The van der Waals surface area contributed by atoms with Gasteiger partial charge >= 0.3 is 0 Å². The van der Waals surface area contributed by atoms with Crippen molar-refractivity contribution in [3.05, 3.63) is 77.2 Å². The average Bonchev–Trinajstić information content (AvgIpc) is 3.35. The zero-order valence-electron chi connectivity index (χ0n) is 18.3. The van der Waals surface area contributed by atoms with E-state index in [1.165, 1.54) is 4.88 Å². The lowest BCUT2D eigenvalue weighted by Crippen LogP contribution is -2.50. The lowest BCUT2D eigenvalue weighted by molar-refractivity contribution is -0.138. The molecule has 2 amide bonds. The first-order valence-electron chi connectivity index (χ1n) is 10.8. The highest BCUT2D eigenvalue weighted by Crippen LogP contribution is 2.38. The Morgan fingerprint density at radius 3 is 2.38 bits per heavy atom. The number of nitrogens with two attached hydrogens (primary N) is 1. The van der Waals surface area contributed by atoms with Gasteiger partial charge in [-0.15, -0.1) is 11.3 Å². The lowest BCUT2D eigenvalue weighted by Gasteiger charge is -2.40. The first kappa shape index (κ1) is 22.1. The molecule has 1 aliphatic rings. The molecule has 0 bridgehead atoms. The number of benzene rings is 2. The summed E-state index contributed by atoms with van der Waals surface area (Å²) in [6.07, 6.45) is 2.09. The molecule has 4 rings (SSSR count). The number of ether oxygens (including phenoxy) is 1. The second-order valence-corrected chi connectivity index (χ2v) is 9.31. The largest absolute Gasteiger partial charge is 0.497 e. The van der Waals surface area contributed by atoms with E-state index < -0.39 is 5.41 Å². The smallest absolute Gasteiger partial charge is 0.226 e. The number of methoxy groups -OCH3 is 1. The van der Waals surface area contributed by atoms with Gasteiger partial charge in [-0.3, -0.25) is 9.59 Å². The van der Waals surface area contributed by atoms with Crippen molar-refractivity contribution in [2.75, 3.05) is 20.2 Å². The van der Waals surface area contributed by atoms with E-state index in [1.807, 2.05) is 47.4 Å². The van der Waals surface area contributed by atoms with Gasteiger partial charge < -0.3 is 15.4 Å². The summed E-state index contributed by atoms with van der Waals surface area (Å²) in [5.74, 6) is 0.571. The maximum absolute atomic E-state index is 12.9. The maximum Gasteiger partial charge on any atom is 0.226 e. The van der Waals surface area contributed by atoms with Gasteiger partial charge in [-0.25, -0.2) is 0 Å². The minimum Gasteiger partial charge on any atom is -0.497 e. The van der Waals surface area contributed by atoms with E-state index in [0.29, 0.717) is 38.8 Å². The zero-order chi connectivity index (χ0) is 22.6. The average molecular weight is 449 g/mol. The van der Waals surface area contributed by atoms with Crippen LogP contribution < -0.4 is 10.5 Å². The number of nitrogens with zero attached hydrogens (tertiary/aromatic N) is 1. The van der Waals surface area contributed by atoms with Crippen LogP contribution in [0.3, 0.4) is 0 Å². The number of piperidine rings is 1. The third-order valence-corrected chi connectivity index (χ3v) is 7.35. The van der Waals surface area contributed by atoms with Crippen LogP contribution in [0.5, 0.6) is 5.75 Å². The molecule has 1 saturated heterocycles. The van der Waals surface area contributed by atoms with Gasteiger partial charge in [-0.05, 0) is 59.5 Å². The summed E-state index contributed by atoms with van der Waals surface area (Å²) in [5.41, 5.74) is 8.54. The van der Waals surface area contributed by atoms with Gasteiger partial charge in [-0.1, -0.05) is 42.5 Å². The summed E-state index contributed by atoms with van der Waals surface area (Å²) in [6.45, 7) is 1.08. The van der Waals surface area contributed by atoms with Crippen LogP contribution in [-0.2, 0) is 22.4 Å². The van der Waals surface area contributed by atoms with Crippen LogP contribution in [0.25, 0.3) is 10.4 Å². The molecule has 0 saturated carbocycles. The van der Waals surface area contributed by atoms with Crippen molar-refractivity contribution >= 4 is 23.2 Å². The molecule has 32 heavy (non-hydrogen) atoms. The van der Waals surface area contributed by atoms with Crippen LogP contribution >= 0.6 is 11.3 Å². The van der Waals surface area contributed by atoms with E-state index in [4.69, 9.17) is 10.5 Å². The van der Waals surface area contributed by atoms with E-state index in [2.05, 4.69) is 23.6 Å². The molecule has 1 aliphatic heterocycles. The molecule has 3 aromatic rings. The quantitative estimate of drug-likeness (QED) is 0.586. The third kappa shape index (κ3) is 4.70. The lowest BCUT2D eigenvalue weighted by atomic mass is 9.72. The van der Waals surface area contributed by atoms with Crippen LogP contribution in [0.4, 0.5) is 0 Å². The normalized spacial score (nSPS) is 15.3. The van der Waals surface area contributed by atoms with Crippen molar-refractivity contribution < 1.29 is 14.3 Å². The molecule has 166 valence electrons. The third-order valence-electron chi connectivity index (χ3n) is 6.44. The van der Waals surface area contributed by atoms with E-state index in [0.717, 1.165) is 22.4 Å². The highest BCUT2D eigenvalue weighted by atomic mass is 32.1. The fraction of sp³-hybridized carbons (Fsp3) is 0.308. The highest BCUT2D eigenvalue weighted by molar-refractivity contribution is 7.13. The van der Waals surface area contributed by atoms with E-state index in [-0.39, 0.29) is 11.8 Å². The Labute approximate surface area is 192 Å². The van der Waals surface area contributed by atoms with Crippen LogP contribution in [-0.4, -0.2) is 36.9 Å². The summed E-state index contributed by atoms with van der Waals surface area (Å²) < 4.78 is 5.18. The van der Waals surface area contributed by atoms with E-state index >= 15 is 0 Å². The Kier molecular flexibility index (Phi) is 6.61. The van der Waals surface area contributed by atoms with Gasteiger partial charge in [-0.2, -0.15) is 0 Å². The number of thiophene rings is 1. The number of primary amides is 1. The summed E-state index contributed by atoms with van der Waals surface area (Å²) >= 11 is 1.69. The Morgan fingerprint density at radius 1 is 1.03 bits per heavy atom. The first-order valence-corrected chi connectivity index (χ1v) is 11.7. The van der Waals surface area contributed by atoms with Crippen molar-refractivity contribution in [3.8, 4) is 16.2 Å². The van der Waals surface area contributed by atoms with Crippen molar-refractivity contribution in [1.29, 1.82) is 0 Å². The van der Waals surface area contributed by atoms with Crippen LogP contribution in [0.15, 0.2) is 66.0 Å². The standard InChI is InChI=1S/C26H28N2O3S/c1-31-21-10-8-19(9-11-21)17-24(29)28-14-12-26(13-15-28,25(27)30)18-20-5-2-3-6-22(20)23-7-4-16-32-23/h2-11,16H,12-15,17-18H2,1H3,(H2,27,30). The summed E-state index contributed by atoms with van der Waals surface area (Å²) in [7, 11) is 1.62. The molecule has 6 heteroatoms. The van der Waals surface area contributed by atoms with Crippen molar-refractivity contribution in [1.82, 2.24) is 4.90 Å². The molecule has 0 radical (unpaired) electrons. The van der Waals surface area contributed by atoms with Crippen LogP contribution in [0.1, 0.15) is 24.0 Å². The predicted octanol–water partition coefficient (Wildman–Crippen LogP) is 4.30. The molecule has 0 spiro atoms. The van der Waals surface area contributed by atoms with Gasteiger partial charge in [0, 0.05) is 18.0 Å². The van der Waals surface area contributed by atoms with Gasteiger partial charge in [0.05, 0.1) is 18.9 Å². The molecule has 2 heterocycles. The van der Waals surface area contributed by atoms with Gasteiger partial charge in [0.1, 0.15) is 5.75 Å². The van der Waals surface area contributed by atoms with Crippen molar-refractivity contribution in [2.45, 2.75) is 25.7 Å². The molecule has 1 fully saturated rings. The molecule has 0 atom stereocenters. The number of likely N-dealkylation sites (tertiary alicyclic amines) is 1. The minimum atomic E-state index is -0.635. The number of hydrogen-bond acceptors (Lipinski definition) is 4. The zero-order valence-corrected chi connectivity index (χ0v) is 19.1. The van der Waals surface area contributed by atoms with Gasteiger partial charge in [0.2, 0.25) is 11.8 Å². The molecular formula is C26H28N2O3S. The molecule has 0 unspecified atom stereocenters. The molecule has 0 aliphatic carbocycles. The van der Waals surface area contributed by atoms with Crippen molar-refractivity contribution in [3.63, 3.8) is 0 Å². The Hall–Kier alpha value is -3.12. The highest BCUT2D eigenvalue weighted by Gasteiger charge is 2.41. The number of carbonyl (C=O) groups is 2. The van der Waals surface area contributed by atoms with Gasteiger partial charge in [0.25, 0.3) is 0 Å². The van der Waals surface area contributed by atoms with E-state index in [9.17, 15) is 9.59 Å². The maximum atomic E-state index is 12.9. The van der Waals surface area contributed by atoms with Crippen LogP contribution in [0, 0.1) is 5.41 Å². The SMILES string of the molecule is COc1ccc(CC(=O)N2CCC(Cc3ccccc3-c3cccs3)(C(N)=O)CC2)cc1. The monoisotopic (exact) mass is 448 g/mol. The summed E-state index contributed by atoms with van der Waals surface area (Å²) in [4.78, 5) is 28.5. The van der Waals surface area contributed by atoms with E-state index in [1.54, 1.807) is 18.4 Å². The molecule has 5 nitrogen and oxygen atoms in total. The minimum absolute atomic E-state index is 0.0761. The summed E-state index contributed by atoms with van der Waals surface area (Å²) in [6, 6.07) is 19.9. The molecule has 2 N–H and O–H groups in total. The Bertz CT molecular complexity index is 1070. The first-order chi connectivity index (χ1) is 15.5. The number of rotatable bonds is 7. The number of hydrogen-bond donors (Lipinski definition) is 1. The van der Waals surface area contributed by atoms with Gasteiger partial charge in [0.15, 0.2) is 0 Å². The molecule has 1 aromatic heterocycles. The molecule has 2 aromatic carbocycles. The fourth-order valence-electron chi connectivity index (χ4n) is 4.44. The van der Waals surface area contributed by atoms with Crippen LogP contribution in [0.2, 0.25) is 0 Å². The fourth-order valence-corrected chi connectivity index (χ4v) is 5.22. The Balaban J connectivity index is 1.45. The topological polar surface area (TPSA) is 72.6 Å². The second kappa shape index (κ2) is 9.57.